The number of halogens is 1. The Hall–Kier alpha value is -3.67. The van der Waals surface area contributed by atoms with Gasteiger partial charge in [-0.05, 0) is 97.7 Å². The number of anilines is 1. The summed E-state index contributed by atoms with van der Waals surface area (Å²) in [6, 6.07) is 11.6. The predicted octanol–water partition coefficient (Wildman–Crippen LogP) is 6.14. The van der Waals surface area contributed by atoms with Gasteiger partial charge in [-0.25, -0.2) is 4.21 Å². The van der Waals surface area contributed by atoms with Crippen LogP contribution in [0.2, 0.25) is 5.02 Å². The Kier molecular flexibility index (Phi) is 9.36. The van der Waals surface area contributed by atoms with Gasteiger partial charge in [-0.15, -0.1) is 4.36 Å². The van der Waals surface area contributed by atoms with E-state index in [0.717, 1.165) is 55.9 Å². The molecule has 10 nitrogen and oxygen atoms in total. The monoisotopic (exact) mass is 705 g/mol. The summed E-state index contributed by atoms with van der Waals surface area (Å²) in [5.41, 5.74) is 3.63. The van der Waals surface area contributed by atoms with E-state index in [1.54, 1.807) is 20.2 Å². The smallest absolute Gasteiger partial charge is 0.286 e. The third-order valence-corrected chi connectivity index (χ3v) is 13.0. The van der Waals surface area contributed by atoms with E-state index in [1.165, 1.54) is 28.2 Å². The van der Waals surface area contributed by atoms with E-state index in [-0.39, 0.29) is 28.8 Å². The molecule has 260 valence electrons. The molecule has 2 aliphatic carbocycles. The average Bonchev–Trinajstić information content (AvgIpc) is 3.43. The molecule has 2 aromatic carbocycles. The number of benzene rings is 2. The Bertz CT molecular complexity index is 1920. The molecule has 4 aliphatic rings. The Morgan fingerprint density at radius 3 is 2.82 bits per heavy atom. The number of rotatable bonds is 3. The lowest BCUT2D eigenvalue weighted by Gasteiger charge is -2.46. The number of aromatic nitrogens is 2. The van der Waals surface area contributed by atoms with Gasteiger partial charge in [-0.1, -0.05) is 36.7 Å². The van der Waals surface area contributed by atoms with E-state index in [1.807, 2.05) is 25.1 Å². The molecule has 0 radical (unpaired) electrons. The largest absolute Gasteiger partial charge is 0.490 e. The number of methoxy groups -OCH3 is 1. The normalized spacial score (nSPS) is 30.5. The van der Waals surface area contributed by atoms with Crippen molar-refractivity contribution in [2.24, 2.45) is 29.2 Å². The third kappa shape index (κ3) is 6.90. The summed E-state index contributed by atoms with van der Waals surface area (Å²) in [6.07, 6.45) is 12.8. The fourth-order valence-corrected chi connectivity index (χ4v) is 10.2. The van der Waals surface area contributed by atoms with Crippen LogP contribution in [0, 0.1) is 17.8 Å². The minimum Gasteiger partial charge on any atom is -0.490 e. The molecule has 2 aliphatic heterocycles. The minimum absolute atomic E-state index is 0.00487. The van der Waals surface area contributed by atoms with Crippen LogP contribution >= 0.6 is 11.6 Å². The number of carbonyl (C=O) groups is 2. The van der Waals surface area contributed by atoms with Crippen LogP contribution in [0.25, 0.3) is 0 Å². The number of nitrogens with zero attached hydrogens (tertiary/aromatic N) is 4. The molecule has 7 rings (SSSR count). The van der Waals surface area contributed by atoms with E-state index in [9.17, 15) is 13.8 Å². The maximum absolute atomic E-state index is 14.4. The zero-order valence-corrected chi connectivity index (χ0v) is 29.8. The number of fused-ring (bicyclic) bond motifs is 4. The third-order valence-electron chi connectivity index (χ3n) is 10.7. The number of hydrogen-bond acceptors (Lipinski definition) is 7. The number of allylic oxidation sites excluding steroid dienone is 1. The molecular formula is C37H44ClN5O5S. The first-order valence-corrected chi connectivity index (χ1v) is 19.2. The van der Waals surface area contributed by atoms with Crippen LogP contribution in [-0.2, 0) is 33.5 Å². The van der Waals surface area contributed by atoms with Crippen LogP contribution < -0.4 is 14.4 Å². The molecule has 2 bridgehead atoms. The molecule has 1 saturated carbocycles. The molecule has 2 amide bonds. The summed E-state index contributed by atoms with van der Waals surface area (Å²) in [7, 11) is -0.0568. The maximum Gasteiger partial charge on any atom is 0.286 e. The molecule has 1 aromatic heterocycles. The Labute approximate surface area is 293 Å². The number of ether oxygens (including phenoxy) is 2. The first-order valence-electron chi connectivity index (χ1n) is 17.1. The first-order chi connectivity index (χ1) is 23.5. The highest BCUT2D eigenvalue weighted by Crippen LogP contribution is 2.47. The summed E-state index contributed by atoms with van der Waals surface area (Å²) in [5.74, 6) is 0.0569. The Morgan fingerprint density at radius 1 is 1.20 bits per heavy atom. The SMILES string of the molecule is CO[C@H]1/C=C/C[C@H](C)CS(=O)(NC(=O)c2cnn(C)c2)=NC(=O)c2ccc3c(c2)N(C[C@@H]2CC[C@H]21)C[C@@]1(CCCc2cc(Cl)ccc21)CO3. The van der Waals surface area contributed by atoms with E-state index in [0.29, 0.717) is 36.2 Å². The second-order valence-electron chi connectivity index (χ2n) is 14.3. The van der Waals surface area contributed by atoms with Gasteiger partial charge in [0.2, 0.25) is 0 Å². The Morgan fingerprint density at radius 2 is 2.06 bits per heavy atom. The number of carbonyl (C=O) groups excluding carboxylic acids is 2. The van der Waals surface area contributed by atoms with E-state index < -0.39 is 21.7 Å². The van der Waals surface area contributed by atoms with Crippen molar-refractivity contribution in [1.82, 2.24) is 14.5 Å². The van der Waals surface area contributed by atoms with Gasteiger partial charge in [-0.2, -0.15) is 5.10 Å². The highest BCUT2D eigenvalue weighted by atomic mass is 35.5. The zero-order chi connectivity index (χ0) is 34.3. The fraction of sp³-hybridized carbons (Fsp3) is 0.486. The van der Waals surface area contributed by atoms with Gasteiger partial charge >= 0.3 is 0 Å². The van der Waals surface area contributed by atoms with Crippen LogP contribution in [0.1, 0.15) is 70.9 Å². The molecule has 3 heterocycles. The van der Waals surface area contributed by atoms with Crippen molar-refractivity contribution >= 4 is 39.0 Å². The topological polar surface area (TPSA) is 115 Å². The molecule has 12 heteroatoms. The average molecular weight is 706 g/mol. The van der Waals surface area contributed by atoms with Crippen LogP contribution in [0.3, 0.4) is 0 Å². The second kappa shape index (κ2) is 13.6. The molecule has 6 atom stereocenters. The van der Waals surface area contributed by atoms with Crippen molar-refractivity contribution in [3.63, 3.8) is 0 Å². The molecule has 1 N–H and O–H groups in total. The molecule has 1 unspecified atom stereocenters. The minimum atomic E-state index is -3.51. The van der Waals surface area contributed by atoms with Gasteiger partial charge in [0.25, 0.3) is 11.8 Å². The number of hydrogen-bond donors (Lipinski definition) is 1. The van der Waals surface area contributed by atoms with Crippen molar-refractivity contribution in [3.05, 3.63) is 88.2 Å². The summed E-state index contributed by atoms with van der Waals surface area (Å²) < 4.78 is 35.4. The fourth-order valence-electron chi connectivity index (χ4n) is 8.11. The standard InChI is InChI=1S/C37H44ClN5O5S/c1-24-6-4-8-33(47-3)30-12-9-27(30)20-43-22-37(15-5-7-25-16-29(38)11-13-31(25)37)23-48-34-14-10-26(17-32(34)43)35(44)40-49(46,21-24)41-36(45)28-18-39-42(2)19-28/h4,8,10-11,13-14,16-19,24,27,30,33H,5-7,9,12,15,20-23H2,1-3H3,(H,40,41,44,45,46)/b8-4+/t24-,27-,30+,33-,37-,49?/m0/s1. The van der Waals surface area contributed by atoms with Crippen LogP contribution in [0.4, 0.5) is 5.69 Å². The van der Waals surface area contributed by atoms with Crippen LogP contribution in [0.15, 0.2) is 65.3 Å². The first kappa shape index (κ1) is 33.8. The number of aryl methyl sites for hydroxylation is 2. The lowest BCUT2D eigenvalue weighted by molar-refractivity contribution is 0.0131. The van der Waals surface area contributed by atoms with Gasteiger partial charge in [0.05, 0.1) is 35.9 Å². The lowest BCUT2D eigenvalue weighted by Crippen LogP contribution is -2.49. The van der Waals surface area contributed by atoms with E-state index >= 15 is 0 Å². The second-order valence-corrected chi connectivity index (χ2v) is 16.7. The molecule has 1 spiro atoms. The highest BCUT2D eigenvalue weighted by molar-refractivity contribution is 7.92. The number of nitrogens with one attached hydrogen (secondary N) is 1. The van der Waals surface area contributed by atoms with Gasteiger partial charge in [0.15, 0.2) is 0 Å². The summed E-state index contributed by atoms with van der Waals surface area (Å²) >= 11 is 6.45. The maximum atomic E-state index is 14.4. The summed E-state index contributed by atoms with van der Waals surface area (Å²) in [5, 5.41) is 4.80. The van der Waals surface area contributed by atoms with Crippen LogP contribution in [-0.4, -0.2) is 64.5 Å². The predicted molar refractivity (Wildman–Crippen MR) is 191 cm³/mol. The quantitative estimate of drug-likeness (QED) is 0.326. The van der Waals surface area contributed by atoms with Crippen LogP contribution in [0.5, 0.6) is 5.75 Å². The van der Waals surface area contributed by atoms with Crippen molar-refractivity contribution in [3.8, 4) is 5.75 Å². The van der Waals surface area contributed by atoms with Gasteiger partial charge in [0, 0.05) is 49.4 Å². The van der Waals surface area contributed by atoms with E-state index in [2.05, 4.69) is 43.4 Å². The van der Waals surface area contributed by atoms with Crippen molar-refractivity contribution < 1.29 is 23.3 Å². The summed E-state index contributed by atoms with van der Waals surface area (Å²) in [4.78, 5) is 29.5. The van der Waals surface area contributed by atoms with Gasteiger partial charge < -0.3 is 14.4 Å². The van der Waals surface area contributed by atoms with Crippen molar-refractivity contribution in [2.45, 2.75) is 57.0 Å². The molecule has 49 heavy (non-hydrogen) atoms. The van der Waals surface area contributed by atoms with Gasteiger partial charge in [-0.3, -0.25) is 19.0 Å². The van der Waals surface area contributed by atoms with Gasteiger partial charge in [0.1, 0.15) is 15.7 Å². The van der Waals surface area contributed by atoms with Crippen molar-refractivity contribution in [1.29, 1.82) is 0 Å². The highest BCUT2D eigenvalue weighted by Gasteiger charge is 2.44. The molecule has 0 saturated heterocycles. The lowest BCUT2D eigenvalue weighted by atomic mass is 9.68. The summed E-state index contributed by atoms with van der Waals surface area (Å²) in [6.45, 7) is 3.95. The molecule has 1 fully saturated rings. The van der Waals surface area contributed by atoms with Crippen molar-refractivity contribution in [2.75, 3.05) is 37.5 Å². The van der Waals surface area contributed by atoms with E-state index in [4.69, 9.17) is 21.1 Å². The Balaban J connectivity index is 1.31. The molecular weight excluding hydrogens is 662 g/mol. The number of amides is 2. The zero-order valence-electron chi connectivity index (χ0n) is 28.3. The molecule has 3 aromatic rings.